The Hall–Kier alpha value is -0.640. The van der Waals surface area contributed by atoms with Crippen molar-refractivity contribution in [3.05, 3.63) is 0 Å². The van der Waals surface area contributed by atoms with E-state index in [9.17, 15) is 4.79 Å². The van der Waals surface area contributed by atoms with E-state index < -0.39 is 0 Å². The molecule has 1 saturated heterocycles. The van der Waals surface area contributed by atoms with Crippen molar-refractivity contribution in [1.82, 2.24) is 4.90 Å². The highest BCUT2D eigenvalue weighted by Crippen LogP contribution is 2.14. The maximum Gasteiger partial charge on any atom is 0.209 e. The maximum atomic E-state index is 10.4. The van der Waals surface area contributed by atoms with Gasteiger partial charge in [-0.1, -0.05) is 12.2 Å². The summed E-state index contributed by atoms with van der Waals surface area (Å²) in [5, 5.41) is 0. The first-order valence-electron chi connectivity index (χ1n) is 3.72. The highest BCUT2D eigenvalue weighted by Gasteiger charge is 2.20. The number of nitrogens with two attached hydrogens (primary N) is 1. The van der Waals surface area contributed by atoms with Gasteiger partial charge in [0.05, 0.1) is 4.99 Å². The van der Waals surface area contributed by atoms with Crippen LogP contribution in [0.3, 0.4) is 0 Å². The van der Waals surface area contributed by atoms with Crippen molar-refractivity contribution in [3.8, 4) is 0 Å². The highest BCUT2D eigenvalue weighted by atomic mass is 32.1. The van der Waals surface area contributed by atoms with Crippen molar-refractivity contribution in [3.63, 3.8) is 0 Å². The molecule has 1 unspecified atom stereocenters. The van der Waals surface area contributed by atoms with Crippen molar-refractivity contribution in [2.75, 3.05) is 13.1 Å². The standard InChI is InChI=1S/C7H12N2OS/c8-7(11)6-2-1-3-9(4-6)5-10/h5-6H,1-4H2,(H2,8,11). The number of thiocarbonyl (C=S) groups is 1. The van der Waals surface area contributed by atoms with Crippen molar-refractivity contribution < 1.29 is 4.79 Å². The van der Waals surface area contributed by atoms with E-state index >= 15 is 0 Å². The van der Waals surface area contributed by atoms with Crippen LogP contribution >= 0.6 is 12.2 Å². The summed E-state index contributed by atoms with van der Waals surface area (Å²) in [6, 6.07) is 0. The summed E-state index contributed by atoms with van der Waals surface area (Å²) in [5.74, 6) is 0.240. The van der Waals surface area contributed by atoms with Crippen LogP contribution in [0.25, 0.3) is 0 Å². The summed E-state index contributed by atoms with van der Waals surface area (Å²) in [6.45, 7) is 1.56. The number of nitrogens with zero attached hydrogens (tertiary/aromatic N) is 1. The molecule has 1 amide bonds. The molecule has 3 nitrogen and oxygen atoms in total. The minimum Gasteiger partial charge on any atom is -0.393 e. The number of carbonyl (C=O) groups is 1. The molecular formula is C7H12N2OS. The molecule has 0 aromatic rings. The summed E-state index contributed by atoms with van der Waals surface area (Å²) >= 11 is 4.85. The lowest BCUT2D eigenvalue weighted by Gasteiger charge is -2.28. The Morgan fingerprint density at radius 2 is 2.45 bits per heavy atom. The number of hydrogen-bond acceptors (Lipinski definition) is 2. The maximum absolute atomic E-state index is 10.4. The Labute approximate surface area is 71.5 Å². The van der Waals surface area contributed by atoms with E-state index in [2.05, 4.69) is 0 Å². The van der Waals surface area contributed by atoms with Gasteiger partial charge in [0.1, 0.15) is 0 Å². The zero-order chi connectivity index (χ0) is 8.27. The molecule has 1 fully saturated rings. The van der Waals surface area contributed by atoms with Gasteiger partial charge in [0.2, 0.25) is 6.41 Å². The Bertz CT molecular complexity index is 172. The van der Waals surface area contributed by atoms with E-state index in [1.165, 1.54) is 0 Å². The summed E-state index contributed by atoms with van der Waals surface area (Å²) in [5.41, 5.74) is 5.47. The second kappa shape index (κ2) is 3.67. The van der Waals surface area contributed by atoms with Crippen LogP contribution in [0.5, 0.6) is 0 Å². The van der Waals surface area contributed by atoms with Gasteiger partial charge in [-0.2, -0.15) is 0 Å². The summed E-state index contributed by atoms with van der Waals surface area (Å²) in [6.07, 6.45) is 2.91. The van der Waals surface area contributed by atoms with Crippen LogP contribution in [0.2, 0.25) is 0 Å². The smallest absolute Gasteiger partial charge is 0.209 e. The molecule has 2 N–H and O–H groups in total. The number of rotatable bonds is 2. The average molecular weight is 172 g/mol. The van der Waals surface area contributed by atoms with Gasteiger partial charge in [-0.25, -0.2) is 0 Å². The van der Waals surface area contributed by atoms with Gasteiger partial charge in [-0.3, -0.25) is 4.79 Å². The minimum atomic E-state index is 0.240. The van der Waals surface area contributed by atoms with Gasteiger partial charge in [0, 0.05) is 19.0 Å². The van der Waals surface area contributed by atoms with E-state index in [0.717, 1.165) is 25.8 Å². The molecule has 0 aromatic carbocycles. The topological polar surface area (TPSA) is 46.3 Å². The monoisotopic (exact) mass is 172 g/mol. The Kier molecular flexibility index (Phi) is 2.82. The van der Waals surface area contributed by atoms with Gasteiger partial charge in [-0.05, 0) is 12.8 Å². The third-order valence-electron chi connectivity index (χ3n) is 2.00. The Balaban J connectivity index is 2.45. The van der Waals surface area contributed by atoms with Gasteiger partial charge in [0.25, 0.3) is 0 Å². The van der Waals surface area contributed by atoms with E-state index in [0.29, 0.717) is 11.5 Å². The van der Waals surface area contributed by atoms with Crippen LogP contribution in [0, 0.1) is 5.92 Å². The number of hydrogen-bond donors (Lipinski definition) is 1. The SMILES string of the molecule is NC(=S)C1CCCN(C=O)C1. The van der Waals surface area contributed by atoms with Crippen molar-refractivity contribution in [2.45, 2.75) is 12.8 Å². The Morgan fingerprint density at radius 1 is 1.73 bits per heavy atom. The molecule has 4 heteroatoms. The van der Waals surface area contributed by atoms with Gasteiger partial charge >= 0.3 is 0 Å². The number of piperidine rings is 1. The van der Waals surface area contributed by atoms with Crippen molar-refractivity contribution in [2.24, 2.45) is 11.7 Å². The minimum absolute atomic E-state index is 0.240. The second-order valence-corrected chi connectivity index (χ2v) is 3.31. The number of amides is 1. The molecule has 1 heterocycles. The van der Waals surface area contributed by atoms with Crippen LogP contribution in [0.15, 0.2) is 0 Å². The zero-order valence-corrected chi connectivity index (χ0v) is 7.14. The lowest BCUT2D eigenvalue weighted by atomic mass is 9.99. The molecule has 1 aliphatic rings. The molecule has 11 heavy (non-hydrogen) atoms. The second-order valence-electron chi connectivity index (χ2n) is 2.84. The summed E-state index contributed by atoms with van der Waals surface area (Å²) in [4.78, 5) is 12.6. The largest absolute Gasteiger partial charge is 0.393 e. The zero-order valence-electron chi connectivity index (χ0n) is 6.32. The Morgan fingerprint density at radius 3 is 3.00 bits per heavy atom. The fraction of sp³-hybridized carbons (Fsp3) is 0.714. The van der Waals surface area contributed by atoms with Gasteiger partial charge in [0.15, 0.2) is 0 Å². The van der Waals surface area contributed by atoms with Crippen molar-refractivity contribution in [1.29, 1.82) is 0 Å². The third-order valence-corrected chi connectivity index (χ3v) is 2.34. The molecule has 0 aromatic heterocycles. The quantitative estimate of drug-likeness (QED) is 0.476. The van der Waals surface area contributed by atoms with Crippen LogP contribution in [0.4, 0.5) is 0 Å². The lowest BCUT2D eigenvalue weighted by molar-refractivity contribution is -0.119. The fourth-order valence-corrected chi connectivity index (χ4v) is 1.53. The third kappa shape index (κ3) is 2.15. The first kappa shape index (κ1) is 8.46. The first-order chi connectivity index (χ1) is 5.24. The lowest BCUT2D eigenvalue weighted by Crippen LogP contribution is -2.39. The molecular weight excluding hydrogens is 160 g/mol. The predicted octanol–water partition coefficient (Wildman–Crippen LogP) is 0.141. The molecule has 0 bridgehead atoms. The molecule has 62 valence electrons. The molecule has 1 aliphatic heterocycles. The van der Waals surface area contributed by atoms with Crippen LogP contribution < -0.4 is 5.73 Å². The number of carbonyl (C=O) groups excluding carboxylic acids is 1. The van der Waals surface area contributed by atoms with Crippen LogP contribution in [-0.4, -0.2) is 29.4 Å². The van der Waals surface area contributed by atoms with Crippen molar-refractivity contribution >= 4 is 23.6 Å². The average Bonchev–Trinajstić information content (AvgIpc) is 2.05. The summed E-state index contributed by atoms with van der Waals surface area (Å²) in [7, 11) is 0. The van der Waals surface area contributed by atoms with Crippen LogP contribution in [0.1, 0.15) is 12.8 Å². The van der Waals surface area contributed by atoms with Gasteiger partial charge < -0.3 is 10.6 Å². The molecule has 0 saturated carbocycles. The van der Waals surface area contributed by atoms with Crippen LogP contribution in [-0.2, 0) is 4.79 Å². The number of likely N-dealkylation sites (tertiary alicyclic amines) is 1. The van der Waals surface area contributed by atoms with Gasteiger partial charge in [-0.15, -0.1) is 0 Å². The molecule has 1 atom stereocenters. The van der Waals surface area contributed by atoms with E-state index in [1.807, 2.05) is 0 Å². The highest BCUT2D eigenvalue weighted by molar-refractivity contribution is 7.80. The summed E-state index contributed by atoms with van der Waals surface area (Å²) < 4.78 is 0. The van der Waals surface area contributed by atoms with E-state index in [1.54, 1.807) is 4.90 Å². The normalized spacial score (nSPS) is 24.7. The molecule has 0 radical (unpaired) electrons. The van der Waals surface area contributed by atoms with E-state index in [-0.39, 0.29) is 5.92 Å². The fourth-order valence-electron chi connectivity index (χ4n) is 1.33. The predicted molar refractivity (Wildman–Crippen MR) is 47.1 cm³/mol. The molecule has 0 aliphatic carbocycles. The van der Waals surface area contributed by atoms with E-state index in [4.69, 9.17) is 18.0 Å². The first-order valence-corrected chi connectivity index (χ1v) is 4.13. The molecule has 1 rings (SSSR count). The molecule has 0 spiro atoms.